The molecule has 3 amide bonds. The van der Waals surface area contributed by atoms with Gasteiger partial charge in [-0.2, -0.15) is 0 Å². The number of benzene rings is 2. The predicted molar refractivity (Wildman–Crippen MR) is 142 cm³/mol. The van der Waals surface area contributed by atoms with E-state index in [1.165, 1.54) is 12.0 Å². The lowest BCUT2D eigenvalue weighted by atomic mass is 10.1. The Morgan fingerprint density at radius 2 is 1.81 bits per heavy atom. The molecule has 4 N–H and O–H groups in total. The first kappa shape index (κ1) is 25.0. The summed E-state index contributed by atoms with van der Waals surface area (Å²) in [4.78, 5) is 33.7. The maximum Gasteiger partial charge on any atom is 0.411 e. The number of thiophene rings is 1. The summed E-state index contributed by atoms with van der Waals surface area (Å²) >= 11 is 1.66. The molecular formula is C27H29N5O3S. The molecule has 0 spiro atoms. The zero-order chi connectivity index (χ0) is 25.5. The minimum absolute atomic E-state index is 0.256. The number of anilines is 1. The summed E-state index contributed by atoms with van der Waals surface area (Å²) in [6, 6.07) is 18.8. The number of hydrogen-bond donors (Lipinski definition) is 4. The first-order chi connectivity index (χ1) is 17.4. The van der Waals surface area contributed by atoms with Crippen LogP contribution in [0.15, 0.2) is 66.0 Å². The summed E-state index contributed by atoms with van der Waals surface area (Å²) in [6.45, 7) is 4.46. The number of aromatic amines is 1. The number of carbonyl (C=O) groups is 2. The van der Waals surface area contributed by atoms with Crippen LogP contribution in [-0.4, -0.2) is 29.2 Å². The van der Waals surface area contributed by atoms with Gasteiger partial charge in [-0.3, -0.25) is 5.32 Å². The number of imidazole rings is 1. The molecule has 0 aliphatic rings. The van der Waals surface area contributed by atoms with Crippen LogP contribution < -0.4 is 16.0 Å². The average molecular weight is 504 g/mol. The molecule has 8 nitrogen and oxygen atoms in total. The molecule has 36 heavy (non-hydrogen) atoms. The highest BCUT2D eigenvalue weighted by Gasteiger charge is 2.21. The second-order valence-electron chi connectivity index (χ2n) is 8.42. The van der Waals surface area contributed by atoms with Crippen molar-refractivity contribution in [3.8, 4) is 11.3 Å². The zero-order valence-corrected chi connectivity index (χ0v) is 21.2. The molecule has 0 unspecified atom stereocenters. The number of H-pyrrole nitrogens is 1. The Bertz CT molecular complexity index is 1310. The largest absolute Gasteiger partial charge is 0.453 e. The van der Waals surface area contributed by atoms with Gasteiger partial charge in [-0.1, -0.05) is 42.5 Å². The van der Waals surface area contributed by atoms with Crippen molar-refractivity contribution in [3.63, 3.8) is 0 Å². The van der Waals surface area contributed by atoms with Crippen LogP contribution in [0.25, 0.3) is 11.3 Å². The number of rotatable bonds is 8. The van der Waals surface area contributed by atoms with Crippen LogP contribution in [0.3, 0.4) is 0 Å². The molecule has 186 valence electrons. The molecule has 0 radical (unpaired) electrons. The Kier molecular flexibility index (Phi) is 8.02. The first-order valence-corrected chi connectivity index (χ1v) is 12.4. The number of ether oxygens (including phenoxy) is 1. The van der Waals surface area contributed by atoms with Gasteiger partial charge in [0.15, 0.2) is 0 Å². The van der Waals surface area contributed by atoms with Gasteiger partial charge in [0.05, 0.1) is 18.8 Å². The third-order valence-corrected chi connectivity index (χ3v) is 6.56. The molecule has 0 bridgehead atoms. The number of amides is 3. The second-order valence-corrected chi connectivity index (χ2v) is 9.54. The van der Waals surface area contributed by atoms with E-state index in [-0.39, 0.29) is 12.1 Å². The number of carbonyl (C=O) groups excluding carboxylic acids is 2. The third kappa shape index (κ3) is 6.51. The van der Waals surface area contributed by atoms with Gasteiger partial charge in [0.25, 0.3) is 0 Å². The first-order valence-electron chi connectivity index (χ1n) is 11.6. The summed E-state index contributed by atoms with van der Waals surface area (Å²) in [5.41, 5.74) is 5.34. The standard InChI is InChI=1S/C27H29N5O3S/c1-17-13-20(16-36-17)15-28-26(33)31-23(14-19-7-5-4-6-8-19)25-29-18(2)24(32-25)21-9-11-22(12-10-21)30-27(34)35-3/h4-13,16,23H,14-15H2,1-3H3,(H,29,32)(H,30,34)(H2,28,31,33)/t23-/m0/s1. The van der Waals surface area contributed by atoms with Crippen LogP contribution in [0, 0.1) is 13.8 Å². The van der Waals surface area contributed by atoms with E-state index in [9.17, 15) is 9.59 Å². The van der Waals surface area contributed by atoms with Gasteiger partial charge >= 0.3 is 12.1 Å². The highest BCUT2D eigenvalue weighted by atomic mass is 32.1. The quantitative estimate of drug-likeness (QED) is 0.247. The van der Waals surface area contributed by atoms with E-state index in [0.29, 0.717) is 24.5 Å². The van der Waals surface area contributed by atoms with Gasteiger partial charge in [0.1, 0.15) is 5.82 Å². The Morgan fingerprint density at radius 3 is 2.47 bits per heavy atom. The van der Waals surface area contributed by atoms with E-state index < -0.39 is 6.09 Å². The fourth-order valence-electron chi connectivity index (χ4n) is 3.86. The van der Waals surface area contributed by atoms with Crippen LogP contribution in [0.4, 0.5) is 15.3 Å². The number of methoxy groups -OCH3 is 1. The Hall–Kier alpha value is -4.11. The third-order valence-electron chi connectivity index (χ3n) is 5.65. The highest BCUT2D eigenvalue weighted by Crippen LogP contribution is 2.26. The van der Waals surface area contributed by atoms with Crippen LogP contribution in [0.5, 0.6) is 0 Å². The van der Waals surface area contributed by atoms with Crippen LogP contribution in [-0.2, 0) is 17.7 Å². The molecule has 2 aromatic carbocycles. The van der Waals surface area contributed by atoms with Gasteiger partial charge in [-0.25, -0.2) is 14.6 Å². The molecule has 4 rings (SSSR count). The van der Waals surface area contributed by atoms with Crippen molar-refractivity contribution in [1.82, 2.24) is 20.6 Å². The number of hydrogen-bond acceptors (Lipinski definition) is 5. The normalized spacial score (nSPS) is 11.5. The zero-order valence-electron chi connectivity index (χ0n) is 20.4. The van der Waals surface area contributed by atoms with E-state index in [1.54, 1.807) is 23.5 Å². The molecule has 9 heteroatoms. The minimum Gasteiger partial charge on any atom is -0.453 e. The molecule has 0 aliphatic heterocycles. The smallest absolute Gasteiger partial charge is 0.411 e. The highest BCUT2D eigenvalue weighted by molar-refractivity contribution is 7.10. The van der Waals surface area contributed by atoms with Gasteiger partial charge in [-0.05, 0) is 55.0 Å². The van der Waals surface area contributed by atoms with Crippen LogP contribution >= 0.6 is 11.3 Å². The minimum atomic E-state index is -0.525. The fourth-order valence-corrected chi connectivity index (χ4v) is 4.57. The van der Waals surface area contributed by atoms with Crippen LogP contribution in [0.1, 0.15) is 33.6 Å². The fraction of sp³-hybridized carbons (Fsp3) is 0.222. The molecule has 0 fully saturated rings. The molecule has 0 aliphatic carbocycles. The van der Waals surface area contributed by atoms with Crippen LogP contribution in [0.2, 0.25) is 0 Å². The van der Waals surface area contributed by atoms with E-state index in [2.05, 4.69) is 31.7 Å². The molecule has 0 saturated carbocycles. The predicted octanol–water partition coefficient (Wildman–Crippen LogP) is 5.72. The van der Waals surface area contributed by atoms with Crippen molar-refractivity contribution < 1.29 is 14.3 Å². The number of aryl methyl sites for hydroxylation is 2. The summed E-state index contributed by atoms with van der Waals surface area (Å²) in [5.74, 6) is 0.671. The van der Waals surface area contributed by atoms with E-state index in [1.807, 2.05) is 61.7 Å². The summed E-state index contributed by atoms with van der Waals surface area (Å²) in [5, 5.41) is 10.7. The van der Waals surface area contributed by atoms with E-state index in [0.717, 1.165) is 28.1 Å². The molecule has 4 aromatic rings. The SMILES string of the molecule is COC(=O)Nc1ccc(-c2nc([C@H](Cc3ccccc3)NC(=O)NCc3csc(C)c3)[nH]c2C)cc1. The number of aromatic nitrogens is 2. The summed E-state index contributed by atoms with van der Waals surface area (Å²) in [7, 11) is 1.32. The lowest BCUT2D eigenvalue weighted by Crippen LogP contribution is -2.38. The van der Waals surface area contributed by atoms with Gasteiger partial charge in [0.2, 0.25) is 0 Å². The van der Waals surface area contributed by atoms with Crippen molar-refractivity contribution in [2.45, 2.75) is 32.9 Å². The maximum absolute atomic E-state index is 12.8. The van der Waals surface area contributed by atoms with Gasteiger partial charge in [-0.15, -0.1) is 11.3 Å². The van der Waals surface area contributed by atoms with Crippen molar-refractivity contribution in [1.29, 1.82) is 0 Å². The van der Waals surface area contributed by atoms with Crippen molar-refractivity contribution in [2.75, 3.05) is 12.4 Å². The number of urea groups is 1. The van der Waals surface area contributed by atoms with Crippen molar-refractivity contribution >= 4 is 29.1 Å². The van der Waals surface area contributed by atoms with Crippen molar-refractivity contribution in [3.05, 3.63) is 93.6 Å². The Morgan fingerprint density at radius 1 is 1.06 bits per heavy atom. The lowest BCUT2D eigenvalue weighted by Gasteiger charge is -2.17. The molecule has 1 atom stereocenters. The second kappa shape index (κ2) is 11.5. The Balaban J connectivity index is 1.52. The number of nitrogens with one attached hydrogen (secondary N) is 4. The number of nitrogens with zero attached hydrogens (tertiary/aromatic N) is 1. The summed E-state index contributed by atoms with van der Waals surface area (Å²) in [6.07, 6.45) is 0.0587. The van der Waals surface area contributed by atoms with Gasteiger partial charge in [0, 0.05) is 28.4 Å². The maximum atomic E-state index is 12.8. The monoisotopic (exact) mass is 503 g/mol. The van der Waals surface area contributed by atoms with Crippen molar-refractivity contribution in [2.24, 2.45) is 0 Å². The van der Waals surface area contributed by atoms with Gasteiger partial charge < -0.3 is 20.4 Å². The molecule has 2 heterocycles. The van der Waals surface area contributed by atoms with E-state index in [4.69, 9.17) is 4.98 Å². The molecule has 2 aromatic heterocycles. The summed E-state index contributed by atoms with van der Waals surface area (Å²) < 4.78 is 4.64. The topological polar surface area (TPSA) is 108 Å². The van der Waals surface area contributed by atoms with E-state index >= 15 is 0 Å². The Labute approximate surface area is 214 Å². The average Bonchev–Trinajstić information content (AvgIpc) is 3.48. The molecule has 0 saturated heterocycles. The molecular weight excluding hydrogens is 474 g/mol. The lowest BCUT2D eigenvalue weighted by molar-refractivity contribution is 0.187.